The van der Waals surface area contributed by atoms with E-state index in [9.17, 15) is 14.7 Å². The van der Waals surface area contributed by atoms with Crippen molar-refractivity contribution in [3.05, 3.63) is 95.1 Å². The molecule has 3 aromatic rings. The topological polar surface area (TPSA) is 108 Å². The summed E-state index contributed by atoms with van der Waals surface area (Å²) in [7, 11) is 0. The Kier molecular flexibility index (Phi) is 11.8. The molecule has 4 unspecified atom stereocenters. The Hall–Kier alpha value is -3.56. The van der Waals surface area contributed by atoms with Gasteiger partial charge in [-0.2, -0.15) is 0 Å². The molecule has 8 heteroatoms. The van der Waals surface area contributed by atoms with Gasteiger partial charge in [0.05, 0.1) is 25.2 Å². The molecule has 240 valence electrons. The van der Waals surface area contributed by atoms with Gasteiger partial charge in [0.1, 0.15) is 0 Å². The predicted molar refractivity (Wildman–Crippen MR) is 173 cm³/mol. The van der Waals surface area contributed by atoms with Crippen LogP contribution in [0.3, 0.4) is 0 Å². The number of carboxylic acid groups (broad SMARTS) is 1. The molecule has 0 radical (unpaired) electrons. The van der Waals surface area contributed by atoms with Gasteiger partial charge in [0.15, 0.2) is 6.29 Å². The zero-order valence-corrected chi connectivity index (χ0v) is 26.2. The van der Waals surface area contributed by atoms with Crippen molar-refractivity contribution in [3.63, 3.8) is 0 Å². The van der Waals surface area contributed by atoms with E-state index in [0.717, 1.165) is 53.0 Å². The Morgan fingerprint density at radius 1 is 0.822 bits per heavy atom. The van der Waals surface area contributed by atoms with E-state index in [1.807, 2.05) is 42.5 Å². The molecule has 0 saturated carbocycles. The van der Waals surface area contributed by atoms with Crippen molar-refractivity contribution in [1.29, 1.82) is 0 Å². The molecule has 3 N–H and O–H groups in total. The van der Waals surface area contributed by atoms with Crippen LogP contribution in [0, 0.1) is 5.92 Å². The first-order chi connectivity index (χ1) is 21.9. The molecule has 2 aliphatic rings. The van der Waals surface area contributed by atoms with E-state index in [0.29, 0.717) is 6.54 Å². The number of nitrogens with one attached hydrogen (secondary N) is 1. The maximum Gasteiger partial charge on any atom is 0.303 e. The molecule has 5 rings (SSSR count). The molecule has 0 spiro atoms. The summed E-state index contributed by atoms with van der Waals surface area (Å²) in [5.41, 5.74) is 5.86. The van der Waals surface area contributed by atoms with E-state index in [-0.39, 0.29) is 43.5 Å². The highest BCUT2D eigenvalue weighted by Crippen LogP contribution is 2.42. The highest BCUT2D eigenvalue weighted by Gasteiger charge is 2.39. The number of aliphatic hydroxyl groups excluding tert-OH is 1. The van der Waals surface area contributed by atoms with Crippen LogP contribution in [0.4, 0.5) is 0 Å². The van der Waals surface area contributed by atoms with Gasteiger partial charge in [-0.15, -0.1) is 0 Å². The third-order valence-corrected chi connectivity index (χ3v) is 8.98. The average Bonchev–Trinajstić information content (AvgIpc) is 3.05. The van der Waals surface area contributed by atoms with Gasteiger partial charge in [0.25, 0.3) is 0 Å². The van der Waals surface area contributed by atoms with Gasteiger partial charge in [-0.25, -0.2) is 0 Å². The monoisotopic (exact) mass is 614 g/mol. The summed E-state index contributed by atoms with van der Waals surface area (Å²) in [6.07, 6.45) is 5.41. The van der Waals surface area contributed by atoms with Crippen LogP contribution in [0.2, 0.25) is 0 Å². The van der Waals surface area contributed by atoms with Crippen LogP contribution >= 0.6 is 0 Å². The lowest BCUT2D eigenvalue weighted by Gasteiger charge is -2.43. The Morgan fingerprint density at radius 2 is 1.51 bits per heavy atom. The average molecular weight is 615 g/mol. The van der Waals surface area contributed by atoms with E-state index >= 15 is 0 Å². The molecule has 1 amide bonds. The Morgan fingerprint density at radius 3 is 2.22 bits per heavy atom. The van der Waals surface area contributed by atoms with Crippen molar-refractivity contribution in [3.8, 4) is 11.1 Å². The molecule has 0 bridgehead atoms. The van der Waals surface area contributed by atoms with Gasteiger partial charge < -0.3 is 29.9 Å². The number of ether oxygens (including phenoxy) is 2. The summed E-state index contributed by atoms with van der Waals surface area (Å²) in [5, 5.41) is 21.2. The van der Waals surface area contributed by atoms with Crippen LogP contribution in [-0.2, 0) is 32.2 Å². The molecule has 2 saturated heterocycles. The summed E-state index contributed by atoms with van der Waals surface area (Å²) in [4.78, 5) is 25.4. The van der Waals surface area contributed by atoms with Crippen molar-refractivity contribution < 1.29 is 29.3 Å². The summed E-state index contributed by atoms with van der Waals surface area (Å²) in [6.45, 7) is 5.62. The molecule has 0 aromatic heterocycles. The number of nitrogens with zero attached hydrogens (tertiary/aromatic N) is 1. The summed E-state index contributed by atoms with van der Waals surface area (Å²) in [6, 6.07) is 24.3. The quantitative estimate of drug-likeness (QED) is 0.230. The number of hydrogen-bond donors (Lipinski definition) is 3. The van der Waals surface area contributed by atoms with Gasteiger partial charge in [-0.1, -0.05) is 86.8 Å². The van der Waals surface area contributed by atoms with E-state index in [1.165, 1.54) is 32.1 Å². The molecule has 4 atom stereocenters. The fourth-order valence-electron chi connectivity index (χ4n) is 6.31. The van der Waals surface area contributed by atoms with Crippen molar-refractivity contribution in [2.75, 3.05) is 19.6 Å². The van der Waals surface area contributed by atoms with Crippen molar-refractivity contribution >= 4 is 11.9 Å². The Labute approximate surface area is 266 Å². The van der Waals surface area contributed by atoms with Crippen LogP contribution in [0.15, 0.2) is 72.8 Å². The van der Waals surface area contributed by atoms with E-state index in [1.54, 1.807) is 0 Å². The molecule has 3 aromatic carbocycles. The zero-order chi connectivity index (χ0) is 31.6. The number of carboxylic acids is 1. The van der Waals surface area contributed by atoms with E-state index < -0.39 is 12.3 Å². The van der Waals surface area contributed by atoms with Crippen LogP contribution in [0.1, 0.15) is 86.5 Å². The summed E-state index contributed by atoms with van der Waals surface area (Å²) >= 11 is 0. The van der Waals surface area contributed by atoms with Crippen LogP contribution in [0.5, 0.6) is 0 Å². The van der Waals surface area contributed by atoms with Crippen LogP contribution in [-0.4, -0.2) is 52.7 Å². The van der Waals surface area contributed by atoms with Gasteiger partial charge >= 0.3 is 5.97 Å². The second kappa shape index (κ2) is 16.1. The van der Waals surface area contributed by atoms with Gasteiger partial charge in [-0.05, 0) is 65.9 Å². The molecule has 0 aliphatic carbocycles. The number of likely N-dealkylation sites (tertiary alicyclic amines) is 1. The first kappa shape index (κ1) is 32.8. The molecule has 2 aliphatic heterocycles. The number of rotatable bonds is 11. The number of aliphatic carboxylic acids is 1. The molecular weight excluding hydrogens is 568 g/mol. The lowest BCUT2D eigenvalue weighted by molar-refractivity contribution is -0.276. The maximum absolute atomic E-state index is 12.0. The molecule has 45 heavy (non-hydrogen) atoms. The Balaban J connectivity index is 1.35. The minimum absolute atomic E-state index is 0.00969. The zero-order valence-electron chi connectivity index (χ0n) is 26.2. The number of aliphatic hydroxyl groups is 1. The second-order valence-corrected chi connectivity index (χ2v) is 12.4. The van der Waals surface area contributed by atoms with E-state index in [2.05, 4.69) is 47.5 Å². The van der Waals surface area contributed by atoms with Gasteiger partial charge in [0.2, 0.25) is 5.91 Å². The van der Waals surface area contributed by atoms with Gasteiger partial charge in [0, 0.05) is 31.0 Å². The fourth-order valence-corrected chi connectivity index (χ4v) is 6.31. The molecule has 8 nitrogen and oxygen atoms in total. The molecule has 2 heterocycles. The number of amides is 1. The second-order valence-electron chi connectivity index (χ2n) is 12.4. The summed E-state index contributed by atoms with van der Waals surface area (Å²) in [5.74, 6) is -1.13. The van der Waals surface area contributed by atoms with Crippen LogP contribution in [0.25, 0.3) is 11.1 Å². The van der Waals surface area contributed by atoms with Gasteiger partial charge in [-0.3, -0.25) is 9.59 Å². The van der Waals surface area contributed by atoms with Crippen molar-refractivity contribution in [2.24, 2.45) is 5.92 Å². The SMILES string of the molecule is CC1C(CN2CCCCCCC2)OC(c2cccc(-c3cccc(CNC(=O)CCC(=O)O)c3)c2)OC1c1ccc(CO)cc1. The number of benzene rings is 3. The number of hydrogen-bond acceptors (Lipinski definition) is 6. The highest BCUT2D eigenvalue weighted by molar-refractivity contribution is 5.80. The number of carbonyl (C=O) groups is 2. The minimum Gasteiger partial charge on any atom is -0.481 e. The van der Waals surface area contributed by atoms with Crippen molar-refractivity contribution in [1.82, 2.24) is 10.2 Å². The maximum atomic E-state index is 12.0. The third kappa shape index (κ3) is 9.23. The third-order valence-electron chi connectivity index (χ3n) is 8.98. The minimum atomic E-state index is -0.984. The predicted octanol–water partition coefficient (Wildman–Crippen LogP) is 6.38. The lowest BCUT2D eigenvalue weighted by Crippen LogP contribution is -2.45. The summed E-state index contributed by atoms with van der Waals surface area (Å²) < 4.78 is 13.5. The molecular formula is C37H46N2O6. The normalized spacial score (nSPS) is 22.7. The molecule has 2 fully saturated rings. The van der Waals surface area contributed by atoms with Crippen molar-refractivity contribution in [2.45, 2.75) is 83.5 Å². The Bertz CT molecular complexity index is 1400. The largest absolute Gasteiger partial charge is 0.481 e. The van der Waals surface area contributed by atoms with E-state index in [4.69, 9.17) is 14.6 Å². The first-order valence-corrected chi connectivity index (χ1v) is 16.3. The highest BCUT2D eigenvalue weighted by atomic mass is 16.7. The number of carbonyl (C=O) groups excluding carboxylic acids is 1. The first-order valence-electron chi connectivity index (χ1n) is 16.3. The fraction of sp³-hybridized carbons (Fsp3) is 0.459. The lowest BCUT2D eigenvalue weighted by atomic mass is 9.89. The van der Waals surface area contributed by atoms with Crippen LogP contribution < -0.4 is 5.32 Å². The standard InChI is InChI=1S/C37H46N2O6/c1-26-33(24-39-19-5-3-2-4-6-20-39)44-37(45-36(26)29-15-13-27(25-40)14-16-29)32-12-8-11-31(22-32)30-10-7-9-28(21-30)23-38-34(41)17-18-35(42)43/h7-16,21-22,26,33,36-37,40H,2-6,17-20,23-25H2,1H3,(H,38,41)(H,42,43). The smallest absolute Gasteiger partial charge is 0.303 e.